The molecule has 0 radical (unpaired) electrons. The van der Waals surface area contributed by atoms with Crippen molar-refractivity contribution in [2.45, 2.75) is 11.1 Å². The van der Waals surface area contributed by atoms with Crippen molar-refractivity contribution in [3.05, 3.63) is 0 Å². The Kier molecular flexibility index (Phi) is 1.91. The second-order valence-electron chi connectivity index (χ2n) is 1.81. The number of rotatable bonds is 0. The van der Waals surface area contributed by atoms with Gasteiger partial charge in [-0.3, -0.25) is 10.1 Å². The molecule has 3 amide bonds. The van der Waals surface area contributed by atoms with Gasteiger partial charge in [0.15, 0.2) is 0 Å². The highest BCUT2D eigenvalue weighted by Crippen LogP contribution is 2.06. The molecule has 0 aromatic rings. The van der Waals surface area contributed by atoms with Gasteiger partial charge < -0.3 is 10.4 Å². The van der Waals surface area contributed by atoms with E-state index < -0.39 is 23.0 Å². The summed E-state index contributed by atoms with van der Waals surface area (Å²) in [7, 11) is 0. The maximum absolute atomic E-state index is 10.6. The van der Waals surface area contributed by atoms with E-state index in [1.165, 1.54) is 0 Å². The molecule has 0 saturated carbocycles. The summed E-state index contributed by atoms with van der Waals surface area (Å²) in [5.41, 5.74) is 0. The minimum atomic E-state index is -1.14. The maximum Gasteiger partial charge on any atom is 0.323 e. The molecular formula is C4H5BrN2O3. The van der Waals surface area contributed by atoms with E-state index in [0.717, 1.165) is 0 Å². The minimum absolute atomic E-state index is 0.531. The average Bonchev–Trinajstić information content (AvgIpc) is 1.82. The Hall–Kier alpha value is -0.620. The van der Waals surface area contributed by atoms with E-state index in [-0.39, 0.29) is 0 Å². The molecule has 1 aliphatic rings. The summed E-state index contributed by atoms with van der Waals surface area (Å²) in [6, 6.07) is -0.673. The predicted octanol–water partition coefficient (Wildman–Crippen LogP) is -1.09. The number of carbonyl (C=O) groups is 2. The third-order valence-electron chi connectivity index (χ3n) is 1.04. The van der Waals surface area contributed by atoms with Crippen LogP contribution in [0.25, 0.3) is 0 Å². The van der Waals surface area contributed by atoms with Gasteiger partial charge in [-0.25, -0.2) is 4.79 Å². The number of imide groups is 1. The first-order valence-corrected chi connectivity index (χ1v) is 3.46. The van der Waals surface area contributed by atoms with Crippen LogP contribution in [0.15, 0.2) is 0 Å². The smallest absolute Gasteiger partial charge is 0.323 e. The Balaban J connectivity index is 2.66. The van der Waals surface area contributed by atoms with Gasteiger partial charge in [0.25, 0.3) is 0 Å². The number of amides is 3. The van der Waals surface area contributed by atoms with Gasteiger partial charge in [0.2, 0.25) is 5.91 Å². The van der Waals surface area contributed by atoms with E-state index in [4.69, 9.17) is 5.11 Å². The zero-order valence-electron chi connectivity index (χ0n) is 4.80. The van der Waals surface area contributed by atoms with Crippen LogP contribution in [0.4, 0.5) is 4.79 Å². The fourth-order valence-corrected chi connectivity index (χ4v) is 0.814. The van der Waals surface area contributed by atoms with Crippen molar-refractivity contribution in [2.75, 3.05) is 0 Å². The van der Waals surface area contributed by atoms with Crippen molar-refractivity contribution in [3.8, 4) is 0 Å². The molecule has 5 nitrogen and oxygen atoms in total. The standard InChI is InChI=1S/C4H5BrN2O3/c5-1-2(8)6-4(10)7-3(1)9/h1-2,8H,(H2,6,7,9,10)/t1-,2-/m0/s1. The largest absolute Gasteiger partial charge is 0.372 e. The number of hydrogen-bond acceptors (Lipinski definition) is 3. The lowest BCUT2D eigenvalue weighted by Gasteiger charge is -2.22. The van der Waals surface area contributed by atoms with Gasteiger partial charge in [0.1, 0.15) is 11.1 Å². The van der Waals surface area contributed by atoms with Crippen LogP contribution in [0, 0.1) is 0 Å². The zero-order valence-corrected chi connectivity index (χ0v) is 6.38. The van der Waals surface area contributed by atoms with Crippen LogP contribution in [-0.4, -0.2) is 28.1 Å². The zero-order chi connectivity index (χ0) is 7.72. The number of halogens is 1. The van der Waals surface area contributed by atoms with E-state index in [2.05, 4.69) is 21.2 Å². The van der Waals surface area contributed by atoms with Crippen molar-refractivity contribution in [3.63, 3.8) is 0 Å². The van der Waals surface area contributed by atoms with E-state index in [0.29, 0.717) is 0 Å². The molecule has 1 aliphatic heterocycles. The molecule has 1 rings (SSSR count). The molecule has 6 heteroatoms. The number of nitrogens with one attached hydrogen (secondary N) is 2. The first-order valence-electron chi connectivity index (χ1n) is 2.55. The number of alkyl halides is 1. The van der Waals surface area contributed by atoms with Gasteiger partial charge in [-0.05, 0) is 0 Å². The molecule has 0 unspecified atom stereocenters. The van der Waals surface area contributed by atoms with Crippen molar-refractivity contribution < 1.29 is 14.7 Å². The summed E-state index contributed by atoms with van der Waals surface area (Å²) in [6.45, 7) is 0. The summed E-state index contributed by atoms with van der Waals surface area (Å²) < 4.78 is 0. The number of aliphatic hydroxyl groups excluding tert-OH is 1. The van der Waals surface area contributed by atoms with Crippen LogP contribution in [-0.2, 0) is 4.79 Å². The molecule has 1 heterocycles. The summed E-state index contributed by atoms with van der Waals surface area (Å²) >= 11 is 2.87. The highest BCUT2D eigenvalue weighted by atomic mass is 79.9. The lowest BCUT2D eigenvalue weighted by molar-refractivity contribution is -0.122. The SMILES string of the molecule is O=C1NC(=O)[C@@H](Br)[C@H](O)N1. The van der Waals surface area contributed by atoms with E-state index in [1.54, 1.807) is 0 Å². The first-order chi connectivity index (χ1) is 4.61. The lowest BCUT2D eigenvalue weighted by Crippen LogP contribution is -2.58. The summed E-state index contributed by atoms with van der Waals surface area (Å²) in [6.07, 6.45) is -1.14. The van der Waals surface area contributed by atoms with Crippen LogP contribution in [0.3, 0.4) is 0 Å². The average molecular weight is 209 g/mol. The van der Waals surface area contributed by atoms with Crippen molar-refractivity contribution in [1.29, 1.82) is 0 Å². The summed E-state index contributed by atoms with van der Waals surface area (Å²) in [5, 5.41) is 12.9. The van der Waals surface area contributed by atoms with Crippen molar-refractivity contribution in [1.82, 2.24) is 10.6 Å². The van der Waals surface area contributed by atoms with Crippen molar-refractivity contribution >= 4 is 27.9 Å². The third-order valence-corrected chi connectivity index (χ3v) is 1.96. The number of carbonyl (C=O) groups excluding carboxylic acids is 2. The number of urea groups is 1. The Morgan fingerprint density at radius 1 is 1.50 bits per heavy atom. The molecule has 0 aliphatic carbocycles. The van der Waals surface area contributed by atoms with Gasteiger partial charge >= 0.3 is 6.03 Å². The molecule has 0 spiro atoms. The Morgan fingerprint density at radius 2 is 2.10 bits per heavy atom. The maximum atomic E-state index is 10.6. The van der Waals surface area contributed by atoms with Gasteiger partial charge in [0, 0.05) is 0 Å². The molecule has 1 fully saturated rings. The number of hydrogen-bond donors (Lipinski definition) is 3. The van der Waals surface area contributed by atoms with Gasteiger partial charge in [0.05, 0.1) is 0 Å². The number of aliphatic hydroxyl groups is 1. The molecule has 1 saturated heterocycles. The molecule has 56 valence electrons. The van der Waals surface area contributed by atoms with Crippen LogP contribution in [0.1, 0.15) is 0 Å². The highest BCUT2D eigenvalue weighted by Gasteiger charge is 2.31. The first kappa shape index (κ1) is 7.49. The molecule has 0 aromatic carbocycles. The second kappa shape index (κ2) is 2.55. The van der Waals surface area contributed by atoms with Crippen LogP contribution < -0.4 is 10.6 Å². The normalized spacial score (nSPS) is 33.0. The van der Waals surface area contributed by atoms with E-state index in [1.807, 2.05) is 5.32 Å². The summed E-state index contributed by atoms with van der Waals surface area (Å²) in [5.74, 6) is -0.531. The third kappa shape index (κ3) is 1.27. The Morgan fingerprint density at radius 3 is 2.60 bits per heavy atom. The molecule has 10 heavy (non-hydrogen) atoms. The van der Waals surface area contributed by atoms with Crippen LogP contribution >= 0.6 is 15.9 Å². The second-order valence-corrected chi connectivity index (χ2v) is 2.80. The fraction of sp³-hybridized carbons (Fsp3) is 0.500. The van der Waals surface area contributed by atoms with E-state index in [9.17, 15) is 9.59 Å². The molecule has 3 N–H and O–H groups in total. The van der Waals surface area contributed by atoms with Gasteiger partial charge in [-0.2, -0.15) is 0 Å². The minimum Gasteiger partial charge on any atom is -0.372 e. The van der Waals surface area contributed by atoms with Crippen molar-refractivity contribution in [2.24, 2.45) is 0 Å². The molecule has 0 bridgehead atoms. The highest BCUT2D eigenvalue weighted by molar-refractivity contribution is 9.10. The van der Waals surface area contributed by atoms with Gasteiger partial charge in [-0.15, -0.1) is 0 Å². The monoisotopic (exact) mass is 208 g/mol. The van der Waals surface area contributed by atoms with Crippen LogP contribution in [0.2, 0.25) is 0 Å². The topological polar surface area (TPSA) is 78.4 Å². The Bertz CT molecular complexity index is 183. The van der Waals surface area contributed by atoms with E-state index >= 15 is 0 Å². The molecule has 0 aromatic heterocycles. The lowest BCUT2D eigenvalue weighted by atomic mass is 10.3. The quantitative estimate of drug-likeness (QED) is 0.443. The predicted molar refractivity (Wildman–Crippen MR) is 35.4 cm³/mol. The molecular weight excluding hydrogens is 204 g/mol. The fourth-order valence-electron chi connectivity index (χ4n) is 0.568. The Labute approximate surface area is 64.9 Å². The molecule has 2 atom stereocenters. The summed E-state index contributed by atoms with van der Waals surface area (Å²) in [4.78, 5) is 20.3. The van der Waals surface area contributed by atoms with Crippen LogP contribution in [0.5, 0.6) is 0 Å². The van der Waals surface area contributed by atoms with Gasteiger partial charge in [-0.1, -0.05) is 15.9 Å².